The molecule has 2 aliphatic rings. The molecule has 0 bridgehead atoms. The Morgan fingerprint density at radius 3 is 2.68 bits per heavy atom. The summed E-state index contributed by atoms with van der Waals surface area (Å²) >= 11 is 0. The normalized spacial score (nSPS) is 18.6. The predicted octanol–water partition coefficient (Wildman–Crippen LogP) is 2.15. The minimum atomic E-state index is -0.544. The van der Waals surface area contributed by atoms with E-state index in [1.54, 1.807) is 18.2 Å². The summed E-state index contributed by atoms with van der Waals surface area (Å²) in [6.45, 7) is 3.69. The van der Waals surface area contributed by atoms with E-state index in [-0.39, 0.29) is 35.1 Å². The summed E-state index contributed by atoms with van der Waals surface area (Å²) in [5.74, 6) is -0.392. The van der Waals surface area contributed by atoms with Crippen LogP contribution >= 0.6 is 0 Å². The van der Waals surface area contributed by atoms with Crippen LogP contribution in [0.15, 0.2) is 36.4 Å². The Balaban J connectivity index is 1.45. The van der Waals surface area contributed by atoms with E-state index in [0.29, 0.717) is 24.2 Å². The van der Waals surface area contributed by atoms with Crippen LogP contribution in [0.4, 0.5) is 0 Å². The molecule has 0 radical (unpaired) electrons. The first-order valence-electron chi connectivity index (χ1n) is 10.1. The predicted molar refractivity (Wildman–Crippen MR) is 111 cm³/mol. The van der Waals surface area contributed by atoms with Gasteiger partial charge >= 0.3 is 0 Å². The molecule has 2 aromatic rings. The van der Waals surface area contributed by atoms with Gasteiger partial charge in [-0.2, -0.15) is 5.26 Å². The van der Waals surface area contributed by atoms with Crippen LogP contribution in [0.1, 0.15) is 63.7 Å². The maximum atomic E-state index is 12.7. The Morgan fingerprint density at radius 2 is 1.94 bits per heavy atom. The minimum Gasteiger partial charge on any atom is -0.490 e. The number of hydrogen-bond acceptors (Lipinski definition) is 5. The highest BCUT2D eigenvalue weighted by atomic mass is 16.5. The van der Waals surface area contributed by atoms with Crippen molar-refractivity contribution < 1.29 is 19.1 Å². The molecule has 2 atom stereocenters. The van der Waals surface area contributed by atoms with Gasteiger partial charge in [-0.3, -0.25) is 25.2 Å². The van der Waals surface area contributed by atoms with Gasteiger partial charge in [-0.25, -0.2) is 0 Å². The van der Waals surface area contributed by atoms with Crippen molar-refractivity contribution in [3.63, 3.8) is 0 Å². The minimum absolute atomic E-state index is 0.0318. The molecule has 3 amide bonds. The van der Waals surface area contributed by atoms with E-state index in [2.05, 4.69) is 16.2 Å². The topological polar surface area (TPSA) is 120 Å². The summed E-state index contributed by atoms with van der Waals surface area (Å²) in [7, 11) is 0. The van der Waals surface area contributed by atoms with E-state index in [0.717, 1.165) is 11.1 Å². The SMILES string of the molecule is CC(C)Oc1ccc(C(=O)NNC(=O)c2cccc3c2C[C@@H]2CC(=O)NC32)cc1C#N. The van der Waals surface area contributed by atoms with E-state index in [4.69, 9.17) is 4.74 Å². The second-order valence-electron chi connectivity index (χ2n) is 7.98. The zero-order chi connectivity index (χ0) is 22.1. The number of ether oxygens (including phenoxy) is 1. The third-order valence-electron chi connectivity index (χ3n) is 5.51. The maximum Gasteiger partial charge on any atom is 0.269 e. The number of hydrogen-bond donors (Lipinski definition) is 3. The molecule has 8 heteroatoms. The van der Waals surface area contributed by atoms with Gasteiger partial charge < -0.3 is 10.1 Å². The highest BCUT2D eigenvalue weighted by Crippen LogP contribution is 2.42. The van der Waals surface area contributed by atoms with Crippen molar-refractivity contribution >= 4 is 17.7 Å². The average molecular weight is 418 g/mol. The van der Waals surface area contributed by atoms with Gasteiger partial charge in [-0.05, 0) is 61.6 Å². The number of rotatable bonds is 4. The van der Waals surface area contributed by atoms with Crippen molar-refractivity contribution in [2.24, 2.45) is 5.92 Å². The van der Waals surface area contributed by atoms with Crippen LogP contribution < -0.4 is 20.9 Å². The van der Waals surface area contributed by atoms with Gasteiger partial charge in [0, 0.05) is 17.5 Å². The molecule has 1 aliphatic carbocycles. The molecular weight excluding hydrogens is 396 g/mol. The van der Waals surface area contributed by atoms with Gasteiger partial charge in [0.05, 0.1) is 17.7 Å². The largest absolute Gasteiger partial charge is 0.490 e. The van der Waals surface area contributed by atoms with Crippen molar-refractivity contribution in [3.8, 4) is 11.8 Å². The van der Waals surface area contributed by atoms with Crippen molar-refractivity contribution in [1.82, 2.24) is 16.2 Å². The Kier molecular flexibility index (Phi) is 5.34. The molecule has 1 saturated heterocycles. The molecule has 0 spiro atoms. The van der Waals surface area contributed by atoms with Gasteiger partial charge in [0.1, 0.15) is 11.8 Å². The lowest BCUT2D eigenvalue weighted by Crippen LogP contribution is -2.42. The molecule has 4 rings (SSSR count). The van der Waals surface area contributed by atoms with Crippen LogP contribution in [-0.2, 0) is 11.2 Å². The fourth-order valence-electron chi connectivity index (χ4n) is 4.20. The van der Waals surface area contributed by atoms with E-state index >= 15 is 0 Å². The van der Waals surface area contributed by atoms with Crippen molar-refractivity contribution in [3.05, 3.63) is 64.2 Å². The lowest BCUT2D eigenvalue weighted by Gasteiger charge is -2.14. The van der Waals surface area contributed by atoms with Crippen LogP contribution in [0.5, 0.6) is 5.75 Å². The van der Waals surface area contributed by atoms with Crippen molar-refractivity contribution in [1.29, 1.82) is 5.26 Å². The Morgan fingerprint density at radius 1 is 1.16 bits per heavy atom. The third kappa shape index (κ3) is 3.94. The number of carbonyl (C=O) groups excluding carboxylic acids is 3. The van der Waals surface area contributed by atoms with E-state index in [9.17, 15) is 19.6 Å². The molecule has 3 N–H and O–H groups in total. The van der Waals surface area contributed by atoms with E-state index < -0.39 is 11.8 Å². The number of carbonyl (C=O) groups is 3. The van der Waals surface area contributed by atoms with E-state index in [1.165, 1.54) is 12.1 Å². The van der Waals surface area contributed by atoms with Crippen LogP contribution in [-0.4, -0.2) is 23.8 Å². The summed E-state index contributed by atoms with van der Waals surface area (Å²) in [6, 6.07) is 11.9. The second kappa shape index (κ2) is 8.11. The molecule has 0 saturated carbocycles. The third-order valence-corrected chi connectivity index (χ3v) is 5.51. The Labute approximate surface area is 179 Å². The smallest absolute Gasteiger partial charge is 0.269 e. The first-order chi connectivity index (χ1) is 14.9. The number of nitrogens with one attached hydrogen (secondary N) is 3. The number of amides is 3. The van der Waals surface area contributed by atoms with Gasteiger partial charge in [-0.1, -0.05) is 12.1 Å². The van der Waals surface area contributed by atoms with Crippen LogP contribution in [0.2, 0.25) is 0 Å². The molecule has 0 aromatic heterocycles. The van der Waals surface area contributed by atoms with Crippen molar-refractivity contribution in [2.75, 3.05) is 0 Å². The number of hydrazine groups is 1. The summed E-state index contributed by atoms with van der Waals surface area (Å²) < 4.78 is 5.56. The van der Waals surface area contributed by atoms with Crippen LogP contribution in [0.3, 0.4) is 0 Å². The molecule has 1 unspecified atom stereocenters. The van der Waals surface area contributed by atoms with Crippen LogP contribution in [0.25, 0.3) is 0 Å². The standard InChI is InChI=1S/C23H22N4O4/c1-12(2)31-19-7-6-13(8-15(19)11-24)22(29)26-27-23(30)17-5-3-4-16-18(17)9-14-10-20(28)25-21(14)16/h3-8,12,14,21H,9-10H2,1-2H3,(H,25,28)(H,26,29)(H,27,30)/t14-,21?/m1/s1. The summed E-state index contributed by atoms with van der Waals surface area (Å²) in [5.41, 5.74) is 7.63. The highest BCUT2D eigenvalue weighted by molar-refractivity contribution is 6.00. The monoisotopic (exact) mass is 418 g/mol. The zero-order valence-electron chi connectivity index (χ0n) is 17.2. The fraction of sp³-hybridized carbons (Fsp3) is 0.304. The fourth-order valence-corrected chi connectivity index (χ4v) is 4.20. The van der Waals surface area contributed by atoms with Crippen LogP contribution in [0, 0.1) is 17.2 Å². The van der Waals surface area contributed by atoms with Gasteiger partial charge in [0.15, 0.2) is 0 Å². The highest BCUT2D eigenvalue weighted by Gasteiger charge is 2.41. The first kappa shape index (κ1) is 20.4. The molecule has 1 fully saturated rings. The lowest BCUT2D eigenvalue weighted by atomic mass is 10.0. The molecular formula is C23H22N4O4. The maximum absolute atomic E-state index is 12.7. The first-order valence-corrected chi connectivity index (χ1v) is 10.1. The quantitative estimate of drug-likeness (QED) is 0.657. The van der Waals surface area contributed by atoms with Crippen molar-refractivity contribution in [2.45, 2.75) is 38.8 Å². The number of nitrogens with zero attached hydrogens (tertiary/aromatic N) is 1. The molecule has 8 nitrogen and oxygen atoms in total. The number of fused-ring (bicyclic) bond motifs is 3. The summed E-state index contributed by atoms with van der Waals surface area (Å²) in [4.78, 5) is 36.9. The molecule has 2 aromatic carbocycles. The Bertz CT molecular complexity index is 1120. The van der Waals surface area contributed by atoms with Gasteiger partial charge in [-0.15, -0.1) is 0 Å². The summed E-state index contributed by atoms with van der Waals surface area (Å²) in [6.07, 6.45) is 0.986. The molecule has 31 heavy (non-hydrogen) atoms. The lowest BCUT2D eigenvalue weighted by molar-refractivity contribution is -0.119. The number of benzene rings is 2. The molecule has 1 aliphatic heterocycles. The number of nitriles is 1. The average Bonchev–Trinajstić information content (AvgIpc) is 3.27. The van der Waals surface area contributed by atoms with Gasteiger partial charge in [0.2, 0.25) is 5.91 Å². The second-order valence-corrected chi connectivity index (χ2v) is 7.98. The molecule has 1 heterocycles. The molecule has 158 valence electrons. The van der Waals surface area contributed by atoms with Gasteiger partial charge in [0.25, 0.3) is 11.8 Å². The zero-order valence-corrected chi connectivity index (χ0v) is 17.2. The van der Waals surface area contributed by atoms with E-state index in [1.807, 2.05) is 26.0 Å². The summed E-state index contributed by atoms with van der Waals surface area (Å²) in [5, 5.41) is 12.3. The Hall–Kier alpha value is -3.86.